The molecule has 1 aromatic rings. The molecule has 0 fully saturated rings. The second kappa shape index (κ2) is 7.96. The van der Waals surface area contributed by atoms with Gasteiger partial charge >= 0.3 is 0 Å². The third-order valence-corrected chi connectivity index (χ3v) is 2.90. The quantitative estimate of drug-likeness (QED) is 0.470. The van der Waals surface area contributed by atoms with Gasteiger partial charge < -0.3 is 15.2 Å². The molecule has 0 spiro atoms. The zero-order valence-corrected chi connectivity index (χ0v) is 13.2. The molecular weight excluding hydrogens is 330 g/mol. The Morgan fingerprint density at radius 1 is 1.53 bits per heavy atom. The Morgan fingerprint density at radius 2 is 2.26 bits per heavy atom. The van der Waals surface area contributed by atoms with Crippen molar-refractivity contribution < 1.29 is 9.47 Å². The lowest BCUT2D eigenvalue weighted by Gasteiger charge is -2.11. The smallest absolute Gasteiger partial charge is 0.184 e. The third kappa shape index (κ3) is 5.04. The van der Waals surface area contributed by atoms with Gasteiger partial charge in [-0.25, -0.2) is 0 Å². The zero-order valence-electron chi connectivity index (χ0n) is 10.8. The molecule has 0 saturated carbocycles. The van der Waals surface area contributed by atoms with Crippen LogP contribution in [0.4, 0.5) is 0 Å². The largest absolute Gasteiger partial charge is 0.493 e. The first kappa shape index (κ1) is 15.7. The van der Waals surface area contributed by atoms with Crippen molar-refractivity contribution in [3.63, 3.8) is 0 Å². The number of hydrazone groups is 1. The van der Waals surface area contributed by atoms with Crippen LogP contribution in [-0.4, -0.2) is 25.0 Å². The fourth-order valence-electron chi connectivity index (χ4n) is 1.30. The van der Waals surface area contributed by atoms with Crippen LogP contribution >= 0.6 is 28.1 Å². The number of nitrogens with zero attached hydrogens (tertiary/aromatic N) is 1. The number of halogens is 1. The molecule has 0 amide bonds. The monoisotopic (exact) mass is 345 g/mol. The molecule has 0 aliphatic rings. The lowest BCUT2D eigenvalue weighted by molar-refractivity contribution is 0.294. The predicted molar refractivity (Wildman–Crippen MR) is 84.0 cm³/mol. The molecular formula is C12H16BrN3O2S. The molecule has 104 valence electrons. The topological polar surface area (TPSA) is 68.9 Å². The van der Waals surface area contributed by atoms with E-state index in [1.807, 2.05) is 19.1 Å². The number of benzene rings is 1. The van der Waals surface area contributed by atoms with E-state index in [9.17, 15) is 0 Å². The van der Waals surface area contributed by atoms with Crippen LogP contribution in [-0.2, 0) is 0 Å². The van der Waals surface area contributed by atoms with Gasteiger partial charge in [0.25, 0.3) is 0 Å². The van der Waals surface area contributed by atoms with Crippen LogP contribution in [0.25, 0.3) is 0 Å². The summed E-state index contributed by atoms with van der Waals surface area (Å²) in [5.41, 5.74) is 8.60. The van der Waals surface area contributed by atoms with Crippen molar-refractivity contribution in [1.82, 2.24) is 5.43 Å². The number of thiocarbonyl (C=S) groups is 1. The summed E-state index contributed by atoms with van der Waals surface area (Å²) in [4.78, 5) is 0. The van der Waals surface area contributed by atoms with Crippen molar-refractivity contribution in [2.24, 2.45) is 10.8 Å². The highest BCUT2D eigenvalue weighted by Gasteiger charge is 2.09. The highest BCUT2D eigenvalue weighted by molar-refractivity contribution is 9.10. The minimum atomic E-state index is 0.113. The molecule has 7 heteroatoms. The lowest BCUT2D eigenvalue weighted by Crippen LogP contribution is -2.24. The summed E-state index contributed by atoms with van der Waals surface area (Å²) >= 11 is 8.11. The average Bonchev–Trinajstić information content (AvgIpc) is 2.38. The molecule has 3 N–H and O–H groups in total. The standard InChI is InChI=1S/C12H16BrN3O2S/c1-3-4-18-11-6-9(13)8(5-10(11)17-2)7-15-16-12(14)19/h5-7H,3-4H2,1-2H3,(H3,14,16,19)/b15-7+. The van der Waals surface area contributed by atoms with E-state index in [0.717, 1.165) is 16.5 Å². The molecule has 0 unspecified atom stereocenters. The van der Waals surface area contributed by atoms with Crippen LogP contribution in [0.1, 0.15) is 18.9 Å². The summed E-state index contributed by atoms with van der Waals surface area (Å²) in [6.45, 7) is 2.68. The van der Waals surface area contributed by atoms with Gasteiger partial charge in [0.05, 0.1) is 19.9 Å². The summed E-state index contributed by atoms with van der Waals surface area (Å²) in [6.07, 6.45) is 2.53. The maximum atomic E-state index is 5.60. The lowest BCUT2D eigenvalue weighted by atomic mass is 10.2. The van der Waals surface area contributed by atoms with Gasteiger partial charge in [0.2, 0.25) is 0 Å². The molecule has 0 aliphatic heterocycles. The van der Waals surface area contributed by atoms with Gasteiger partial charge in [0.1, 0.15) is 0 Å². The van der Waals surface area contributed by atoms with Gasteiger partial charge in [-0.1, -0.05) is 6.92 Å². The van der Waals surface area contributed by atoms with Gasteiger partial charge in [-0.2, -0.15) is 5.10 Å². The summed E-state index contributed by atoms with van der Waals surface area (Å²) in [5.74, 6) is 1.34. The highest BCUT2D eigenvalue weighted by atomic mass is 79.9. The van der Waals surface area contributed by atoms with Gasteiger partial charge in [0.15, 0.2) is 16.6 Å². The number of nitrogens with one attached hydrogen (secondary N) is 1. The second-order valence-corrected chi connectivity index (χ2v) is 4.90. The summed E-state index contributed by atoms with van der Waals surface area (Å²) < 4.78 is 11.7. The van der Waals surface area contributed by atoms with Crippen molar-refractivity contribution in [3.8, 4) is 11.5 Å². The molecule has 1 rings (SSSR count). The van der Waals surface area contributed by atoms with Crippen molar-refractivity contribution >= 4 is 39.5 Å². The van der Waals surface area contributed by atoms with E-state index in [2.05, 4.69) is 38.7 Å². The SMILES string of the molecule is CCCOc1cc(Br)c(/C=N/NC(N)=S)cc1OC. The number of nitrogens with two attached hydrogens (primary N) is 1. The van der Waals surface area contributed by atoms with E-state index >= 15 is 0 Å². The molecule has 1 aromatic carbocycles. The van der Waals surface area contributed by atoms with Crippen molar-refractivity contribution in [1.29, 1.82) is 0 Å². The van der Waals surface area contributed by atoms with E-state index in [0.29, 0.717) is 18.1 Å². The van der Waals surface area contributed by atoms with Crippen LogP contribution in [0.2, 0.25) is 0 Å². The molecule has 19 heavy (non-hydrogen) atoms. The van der Waals surface area contributed by atoms with Gasteiger partial charge in [-0.05, 0) is 46.7 Å². The van der Waals surface area contributed by atoms with E-state index in [1.165, 1.54) is 0 Å². The van der Waals surface area contributed by atoms with Crippen molar-refractivity contribution in [3.05, 3.63) is 22.2 Å². The summed E-state index contributed by atoms with van der Waals surface area (Å²) in [5, 5.41) is 4.01. The van der Waals surface area contributed by atoms with Crippen LogP contribution in [0.15, 0.2) is 21.7 Å². The summed E-state index contributed by atoms with van der Waals surface area (Å²) in [7, 11) is 1.59. The Morgan fingerprint density at radius 3 is 2.84 bits per heavy atom. The molecule has 0 aliphatic carbocycles. The Labute approximate surface area is 126 Å². The average molecular weight is 346 g/mol. The van der Waals surface area contributed by atoms with Crippen molar-refractivity contribution in [2.75, 3.05) is 13.7 Å². The first-order valence-electron chi connectivity index (χ1n) is 5.67. The summed E-state index contributed by atoms with van der Waals surface area (Å²) in [6, 6.07) is 3.66. The minimum Gasteiger partial charge on any atom is -0.493 e. The minimum absolute atomic E-state index is 0.113. The first-order valence-corrected chi connectivity index (χ1v) is 6.87. The molecule has 0 bridgehead atoms. The Balaban J connectivity index is 2.95. The van der Waals surface area contributed by atoms with E-state index in [4.69, 9.17) is 15.2 Å². The number of rotatable bonds is 6. The molecule has 5 nitrogen and oxygen atoms in total. The van der Waals surface area contributed by atoms with Crippen LogP contribution < -0.4 is 20.6 Å². The van der Waals surface area contributed by atoms with Gasteiger partial charge in [-0.15, -0.1) is 0 Å². The van der Waals surface area contributed by atoms with E-state index in [-0.39, 0.29) is 5.11 Å². The second-order valence-electron chi connectivity index (χ2n) is 3.61. The maximum absolute atomic E-state index is 5.60. The van der Waals surface area contributed by atoms with E-state index < -0.39 is 0 Å². The number of hydrogen-bond donors (Lipinski definition) is 2. The fourth-order valence-corrected chi connectivity index (χ4v) is 1.78. The van der Waals surface area contributed by atoms with Crippen molar-refractivity contribution in [2.45, 2.75) is 13.3 Å². The van der Waals surface area contributed by atoms with E-state index in [1.54, 1.807) is 13.3 Å². The Bertz CT molecular complexity index is 480. The zero-order chi connectivity index (χ0) is 14.3. The molecule has 0 radical (unpaired) electrons. The Kier molecular flexibility index (Phi) is 6.58. The number of methoxy groups -OCH3 is 1. The number of hydrogen-bond acceptors (Lipinski definition) is 4. The normalized spacial score (nSPS) is 10.5. The fraction of sp³-hybridized carbons (Fsp3) is 0.333. The van der Waals surface area contributed by atoms with Gasteiger partial charge in [-0.3, -0.25) is 5.43 Å². The highest BCUT2D eigenvalue weighted by Crippen LogP contribution is 2.32. The predicted octanol–water partition coefficient (Wildman–Crippen LogP) is 2.41. The van der Waals surface area contributed by atoms with Gasteiger partial charge in [0, 0.05) is 10.0 Å². The maximum Gasteiger partial charge on any atom is 0.184 e. The molecule has 0 saturated heterocycles. The first-order chi connectivity index (χ1) is 9.08. The van der Waals surface area contributed by atoms with Crippen LogP contribution in [0, 0.1) is 0 Å². The van der Waals surface area contributed by atoms with Crippen LogP contribution in [0.3, 0.4) is 0 Å². The molecule has 0 heterocycles. The molecule has 0 aromatic heterocycles. The third-order valence-electron chi connectivity index (χ3n) is 2.12. The Hall–Kier alpha value is -1.34. The van der Waals surface area contributed by atoms with Crippen LogP contribution in [0.5, 0.6) is 11.5 Å². The number of ether oxygens (including phenoxy) is 2. The molecule has 0 atom stereocenters.